The average molecular weight is 272 g/mol. The zero-order valence-electron chi connectivity index (χ0n) is 11.2. The summed E-state index contributed by atoms with van der Waals surface area (Å²) in [5, 5.41) is 20.1. The van der Waals surface area contributed by atoms with Gasteiger partial charge in [0.2, 0.25) is 0 Å². The van der Waals surface area contributed by atoms with Crippen molar-refractivity contribution in [3.8, 4) is 0 Å². The van der Waals surface area contributed by atoms with Gasteiger partial charge in [-0.05, 0) is 13.3 Å². The Hall–Kier alpha value is -1.66. The Labute approximate surface area is 112 Å². The lowest BCUT2D eigenvalue weighted by Gasteiger charge is -2.32. The van der Waals surface area contributed by atoms with Gasteiger partial charge in [0.1, 0.15) is 0 Å². The first-order chi connectivity index (χ1) is 8.68. The molecular formula is C13H20O6. The molecular weight excluding hydrogens is 252 g/mol. The van der Waals surface area contributed by atoms with Crippen LogP contribution in [0.1, 0.15) is 33.1 Å². The minimum Gasteiger partial charge on any atom is -0.395 e. The van der Waals surface area contributed by atoms with Crippen molar-refractivity contribution in [1.29, 1.82) is 0 Å². The third kappa shape index (κ3) is 6.73. The first kappa shape index (κ1) is 17.3. The fourth-order valence-electron chi connectivity index (χ4n) is 1.60. The van der Waals surface area contributed by atoms with Gasteiger partial charge in [0.05, 0.1) is 12.0 Å². The van der Waals surface area contributed by atoms with E-state index < -0.39 is 29.9 Å². The number of carbonyl (C=O) groups is 2. The van der Waals surface area contributed by atoms with Crippen molar-refractivity contribution in [2.24, 2.45) is 0 Å². The largest absolute Gasteiger partial charge is 0.395 e. The highest BCUT2D eigenvalue weighted by Crippen LogP contribution is 2.27. The number of aliphatic hydroxyl groups is 2. The Bertz CT molecular complexity index is 336. The summed E-state index contributed by atoms with van der Waals surface area (Å²) in [7, 11) is 0. The van der Waals surface area contributed by atoms with Crippen LogP contribution in [0.25, 0.3) is 0 Å². The molecule has 0 saturated carbocycles. The van der Waals surface area contributed by atoms with Crippen LogP contribution in [-0.4, -0.2) is 33.7 Å². The van der Waals surface area contributed by atoms with E-state index in [4.69, 9.17) is 0 Å². The van der Waals surface area contributed by atoms with Gasteiger partial charge in [-0.25, -0.2) is 9.59 Å². The van der Waals surface area contributed by atoms with Crippen molar-refractivity contribution < 1.29 is 29.3 Å². The van der Waals surface area contributed by atoms with Crippen LogP contribution in [0, 0.1) is 0 Å². The maximum atomic E-state index is 11.1. The van der Waals surface area contributed by atoms with Crippen LogP contribution in [0.3, 0.4) is 0 Å². The average Bonchev–Trinajstić information content (AvgIpc) is 2.26. The van der Waals surface area contributed by atoms with Crippen LogP contribution in [0.5, 0.6) is 0 Å². The van der Waals surface area contributed by atoms with Gasteiger partial charge in [-0.3, -0.25) is 0 Å². The van der Waals surface area contributed by atoms with Crippen LogP contribution in [0.15, 0.2) is 25.3 Å². The Balaban J connectivity index is 5.03. The summed E-state index contributed by atoms with van der Waals surface area (Å²) < 4.78 is 9.18. The molecule has 0 fully saturated rings. The topological polar surface area (TPSA) is 93.1 Å². The second-order valence-electron chi connectivity index (χ2n) is 4.39. The van der Waals surface area contributed by atoms with E-state index in [-0.39, 0.29) is 0 Å². The molecule has 2 N–H and O–H groups in total. The number of hydrogen-bond acceptors (Lipinski definition) is 6. The highest BCUT2D eigenvalue weighted by Gasteiger charge is 2.42. The summed E-state index contributed by atoms with van der Waals surface area (Å²) in [6, 6.07) is 0. The third-order valence-corrected chi connectivity index (χ3v) is 2.25. The number of esters is 2. The first-order valence-electron chi connectivity index (χ1n) is 5.83. The molecule has 0 saturated heterocycles. The summed E-state index contributed by atoms with van der Waals surface area (Å²) in [6.07, 6.45) is 2.09. The van der Waals surface area contributed by atoms with Crippen LogP contribution in [0.4, 0.5) is 0 Å². The standard InChI is InChI=1S/C13H20O6/c1-5-8-12(4,16)9-13(17,18-10(14)6-2)19-11(15)7-3/h6-7,16-17H,2-3,5,8-9H2,1,4H3. The molecule has 0 radical (unpaired) electrons. The van der Waals surface area contributed by atoms with Gasteiger partial charge in [0.25, 0.3) is 0 Å². The minimum absolute atomic E-state index is 0.326. The van der Waals surface area contributed by atoms with E-state index in [1.165, 1.54) is 6.92 Å². The quantitative estimate of drug-likeness (QED) is 0.389. The summed E-state index contributed by atoms with van der Waals surface area (Å²) >= 11 is 0. The zero-order valence-corrected chi connectivity index (χ0v) is 11.2. The van der Waals surface area contributed by atoms with Crippen LogP contribution in [0.2, 0.25) is 0 Å². The Morgan fingerprint density at radius 1 is 1.16 bits per heavy atom. The van der Waals surface area contributed by atoms with E-state index in [9.17, 15) is 19.8 Å². The zero-order chi connectivity index (χ0) is 15.1. The van der Waals surface area contributed by atoms with Gasteiger partial charge >= 0.3 is 17.9 Å². The van der Waals surface area contributed by atoms with Crippen molar-refractivity contribution in [3.63, 3.8) is 0 Å². The first-order valence-corrected chi connectivity index (χ1v) is 5.83. The molecule has 0 bridgehead atoms. The second kappa shape index (κ2) is 7.06. The summed E-state index contributed by atoms with van der Waals surface area (Å²) in [4.78, 5) is 22.3. The van der Waals surface area contributed by atoms with Crippen LogP contribution < -0.4 is 0 Å². The van der Waals surface area contributed by atoms with Crippen molar-refractivity contribution >= 4 is 11.9 Å². The van der Waals surface area contributed by atoms with E-state index in [2.05, 4.69) is 22.6 Å². The number of ether oxygens (including phenoxy) is 2. The van der Waals surface area contributed by atoms with Gasteiger partial charge in [0, 0.05) is 12.2 Å². The van der Waals surface area contributed by atoms with E-state index in [0.29, 0.717) is 12.8 Å². The lowest BCUT2D eigenvalue weighted by Crippen LogP contribution is -2.46. The van der Waals surface area contributed by atoms with Gasteiger partial charge in [0.15, 0.2) is 0 Å². The van der Waals surface area contributed by atoms with Crippen molar-refractivity contribution in [1.82, 2.24) is 0 Å². The Kier molecular flexibility index (Phi) is 6.44. The molecule has 1 unspecified atom stereocenters. The van der Waals surface area contributed by atoms with Gasteiger partial charge in [-0.15, -0.1) is 0 Å². The molecule has 0 heterocycles. The lowest BCUT2D eigenvalue weighted by molar-refractivity contribution is -0.336. The number of rotatable bonds is 8. The highest BCUT2D eigenvalue weighted by atomic mass is 16.8. The molecule has 1 atom stereocenters. The van der Waals surface area contributed by atoms with Crippen molar-refractivity contribution in [3.05, 3.63) is 25.3 Å². The molecule has 108 valence electrons. The van der Waals surface area contributed by atoms with Crippen LogP contribution in [-0.2, 0) is 19.1 Å². The van der Waals surface area contributed by atoms with Crippen molar-refractivity contribution in [2.75, 3.05) is 0 Å². The maximum absolute atomic E-state index is 11.1. The van der Waals surface area contributed by atoms with Gasteiger partial charge < -0.3 is 19.7 Å². The molecule has 0 aliphatic heterocycles. The smallest absolute Gasteiger partial charge is 0.376 e. The lowest BCUT2D eigenvalue weighted by atomic mass is 9.95. The van der Waals surface area contributed by atoms with E-state index >= 15 is 0 Å². The number of hydrogen-bond donors (Lipinski definition) is 2. The van der Waals surface area contributed by atoms with E-state index in [0.717, 1.165) is 12.2 Å². The number of carbonyl (C=O) groups excluding carboxylic acids is 2. The fourth-order valence-corrected chi connectivity index (χ4v) is 1.60. The molecule has 0 aromatic rings. The second-order valence-corrected chi connectivity index (χ2v) is 4.39. The fraction of sp³-hybridized carbons (Fsp3) is 0.538. The predicted octanol–water partition coefficient (Wildman–Crippen LogP) is 1.03. The molecule has 0 rings (SSSR count). The Morgan fingerprint density at radius 2 is 1.58 bits per heavy atom. The van der Waals surface area contributed by atoms with E-state index in [1.807, 2.05) is 6.92 Å². The molecule has 0 aliphatic carbocycles. The van der Waals surface area contributed by atoms with Gasteiger partial charge in [-0.1, -0.05) is 26.5 Å². The SMILES string of the molecule is C=CC(=O)OC(O)(CC(C)(O)CCC)OC(=O)C=C. The molecule has 0 amide bonds. The summed E-state index contributed by atoms with van der Waals surface area (Å²) in [5.74, 6) is -4.52. The van der Waals surface area contributed by atoms with Gasteiger partial charge in [-0.2, -0.15) is 0 Å². The van der Waals surface area contributed by atoms with E-state index in [1.54, 1.807) is 0 Å². The molecule has 6 heteroatoms. The van der Waals surface area contributed by atoms with Crippen molar-refractivity contribution in [2.45, 2.75) is 44.7 Å². The molecule has 0 aromatic carbocycles. The predicted molar refractivity (Wildman–Crippen MR) is 67.7 cm³/mol. The normalized spacial score (nSPS) is 14.1. The Morgan fingerprint density at radius 3 is 1.89 bits per heavy atom. The monoisotopic (exact) mass is 272 g/mol. The summed E-state index contributed by atoms with van der Waals surface area (Å²) in [6.45, 7) is 9.60. The third-order valence-electron chi connectivity index (χ3n) is 2.25. The minimum atomic E-state index is -2.56. The maximum Gasteiger partial charge on any atom is 0.376 e. The molecule has 0 aromatic heterocycles. The molecule has 0 aliphatic rings. The van der Waals surface area contributed by atoms with Crippen LogP contribution >= 0.6 is 0 Å². The summed E-state index contributed by atoms with van der Waals surface area (Å²) in [5.41, 5.74) is -1.37. The molecule has 0 spiro atoms. The molecule has 6 nitrogen and oxygen atoms in total. The molecule has 19 heavy (non-hydrogen) atoms. The highest BCUT2D eigenvalue weighted by molar-refractivity contribution is 5.83.